The third-order valence-electron chi connectivity index (χ3n) is 3.74. The number of halogens is 2. The Labute approximate surface area is 161 Å². The SMILES string of the molecule is Brc1ccc(CNc2ccnc(-c3ccc4c(c3)OCO4)n2)cc1Br. The van der Waals surface area contributed by atoms with E-state index in [1.54, 1.807) is 6.20 Å². The van der Waals surface area contributed by atoms with Crippen LogP contribution in [0.25, 0.3) is 11.4 Å². The Kier molecular flexibility index (Phi) is 4.59. The maximum absolute atomic E-state index is 5.42. The van der Waals surface area contributed by atoms with Crippen molar-refractivity contribution in [3.05, 3.63) is 63.2 Å². The maximum atomic E-state index is 5.42. The first kappa shape index (κ1) is 16.4. The molecule has 2 aromatic carbocycles. The highest BCUT2D eigenvalue weighted by Gasteiger charge is 2.15. The highest BCUT2D eigenvalue weighted by Crippen LogP contribution is 2.35. The van der Waals surface area contributed by atoms with E-state index < -0.39 is 0 Å². The summed E-state index contributed by atoms with van der Waals surface area (Å²) >= 11 is 6.99. The first-order valence-electron chi connectivity index (χ1n) is 7.60. The lowest BCUT2D eigenvalue weighted by Crippen LogP contribution is -2.02. The van der Waals surface area contributed by atoms with Crippen molar-refractivity contribution in [1.82, 2.24) is 9.97 Å². The molecule has 0 fully saturated rings. The van der Waals surface area contributed by atoms with Gasteiger partial charge in [0.05, 0.1) is 0 Å². The van der Waals surface area contributed by atoms with Crippen molar-refractivity contribution in [2.45, 2.75) is 6.54 Å². The summed E-state index contributed by atoms with van der Waals surface area (Å²) in [6.07, 6.45) is 1.74. The van der Waals surface area contributed by atoms with Crippen LogP contribution in [0.1, 0.15) is 5.56 Å². The molecule has 1 aliphatic rings. The fourth-order valence-corrected chi connectivity index (χ4v) is 3.15. The van der Waals surface area contributed by atoms with Gasteiger partial charge in [-0.25, -0.2) is 9.97 Å². The van der Waals surface area contributed by atoms with Crippen molar-refractivity contribution in [3.63, 3.8) is 0 Å². The molecular formula is C18H13Br2N3O2. The quantitative estimate of drug-likeness (QED) is 0.590. The van der Waals surface area contributed by atoms with E-state index in [4.69, 9.17) is 9.47 Å². The first-order valence-corrected chi connectivity index (χ1v) is 9.18. The third kappa shape index (κ3) is 3.62. The molecule has 0 saturated heterocycles. The average molecular weight is 463 g/mol. The normalized spacial score (nSPS) is 12.2. The van der Waals surface area contributed by atoms with E-state index in [9.17, 15) is 0 Å². The molecule has 7 heteroatoms. The standard InChI is InChI=1S/C18H13Br2N3O2/c19-13-3-1-11(7-14(13)20)9-22-17-5-6-21-18(23-17)12-2-4-15-16(8-12)25-10-24-15/h1-8H,9-10H2,(H,21,22,23). The highest BCUT2D eigenvalue weighted by molar-refractivity contribution is 9.13. The zero-order valence-electron chi connectivity index (χ0n) is 13.0. The van der Waals surface area contributed by atoms with E-state index in [1.807, 2.05) is 30.3 Å². The third-order valence-corrected chi connectivity index (χ3v) is 5.62. The topological polar surface area (TPSA) is 56.3 Å². The van der Waals surface area contributed by atoms with Gasteiger partial charge in [0, 0.05) is 27.3 Å². The van der Waals surface area contributed by atoms with E-state index in [1.165, 1.54) is 0 Å². The molecule has 2 heterocycles. The van der Waals surface area contributed by atoms with Gasteiger partial charge in [-0.1, -0.05) is 6.07 Å². The van der Waals surface area contributed by atoms with Crippen molar-refractivity contribution >= 4 is 37.7 Å². The van der Waals surface area contributed by atoms with Crippen LogP contribution in [-0.2, 0) is 6.54 Å². The van der Waals surface area contributed by atoms with Crippen LogP contribution in [0.15, 0.2) is 57.6 Å². The van der Waals surface area contributed by atoms with Crippen LogP contribution < -0.4 is 14.8 Å². The summed E-state index contributed by atoms with van der Waals surface area (Å²) in [5, 5.41) is 3.33. The molecule has 1 aliphatic heterocycles. The first-order chi connectivity index (χ1) is 12.2. The number of aromatic nitrogens is 2. The van der Waals surface area contributed by atoms with Gasteiger partial charge in [0.1, 0.15) is 5.82 Å². The minimum atomic E-state index is 0.254. The Bertz CT molecular complexity index is 934. The van der Waals surface area contributed by atoms with Crippen LogP contribution in [0.3, 0.4) is 0 Å². The van der Waals surface area contributed by atoms with E-state index in [0.29, 0.717) is 12.4 Å². The average Bonchev–Trinajstić information content (AvgIpc) is 3.11. The summed E-state index contributed by atoms with van der Waals surface area (Å²) in [6, 6.07) is 13.7. The molecule has 25 heavy (non-hydrogen) atoms. The largest absolute Gasteiger partial charge is 0.454 e. The Hall–Kier alpha value is -2.12. The molecule has 0 unspecified atom stereocenters. The predicted octanol–water partition coefficient (Wildman–Crippen LogP) is 5.01. The summed E-state index contributed by atoms with van der Waals surface area (Å²) in [4.78, 5) is 8.94. The number of nitrogens with zero attached hydrogens (tertiary/aromatic N) is 2. The molecule has 0 bridgehead atoms. The zero-order valence-corrected chi connectivity index (χ0v) is 16.2. The molecule has 0 radical (unpaired) electrons. The lowest BCUT2D eigenvalue weighted by molar-refractivity contribution is 0.174. The van der Waals surface area contributed by atoms with E-state index in [-0.39, 0.29) is 6.79 Å². The summed E-state index contributed by atoms with van der Waals surface area (Å²) in [6.45, 7) is 0.924. The summed E-state index contributed by atoms with van der Waals surface area (Å²) < 4.78 is 12.8. The fraction of sp³-hybridized carbons (Fsp3) is 0.111. The smallest absolute Gasteiger partial charge is 0.231 e. The molecule has 3 aromatic rings. The predicted molar refractivity (Wildman–Crippen MR) is 103 cm³/mol. The van der Waals surface area contributed by atoms with Gasteiger partial charge in [0.2, 0.25) is 6.79 Å². The molecule has 0 atom stereocenters. The summed E-state index contributed by atoms with van der Waals surface area (Å²) in [7, 11) is 0. The number of benzene rings is 2. The van der Waals surface area contributed by atoms with Crippen molar-refractivity contribution in [3.8, 4) is 22.9 Å². The Morgan fingerprint density at radius 3 is 2.72 bits per heavy atom. The second-order valence-corrected chi connectivity index (χ2v) is 7.14. The minimum absolute atomic E-state index is 0.254. The van der Waals surface area contributed by atoms with E-state index in [2.05, 4.69) is 59.3 Å². The molecule has 0 aliphatic carbocycles. The van der Waals surface area contributed by atoms with Gasteiger partial charge in [-0.3, -0.25) is 0 Å². The van der Waals surface area contributed by atoms with E-state index in [0.717, 1.165) is 37.4 Å². The van der Waals surface area contributed by atoms with Crippen LogP contribution in [0, 0.1) is 0 Å². The molecule has 0 amide bonds. The fourth-order valence-electron chi connectivity index (χ4n) is 2.47. The van der Waals surface area contributed by atoms with Gasteiger partial charge in [0.25, 0.3) is 0 Å². The molecule has 0 spiro atoms. The van der Waals surface area contributed by atoms with Crippen LogP contribution >= 0.6 is 31.9 Å². The highest BCUT2D eigenvalue weighted by atomic mass is 79.9. The van der Waals surface area contributed by atoms with E-state index >= 15 is 0 Å². The zero-order chi connectivity index (χ0) is 17.2. The number of rotatable bonds is 4. The van der Waals surface area contributed by atoms with Crippen molar-refractivity contribution < 1.29 is 9.47 Å². The molecule has 1 N–H and O–H groups in total. The number of hydrogen-bond acceptors (Lipinski definition) is 5. The van der Waals surface area contributed by atoms with Crippen molar-refractivity contribution in [2.24, 2.45) is 0 Å². The van der Waals surface area contributed by atoms with Gasteiger partial charge in [-0.15, -0.1) is 0 Å². The molecule has 5 nitrogen and oxygen atoms in total. The van der Waals surface area contributed by atoms with Crippen LogP contribution in [-0.4, -0.2) is 16.8 Å². The number of fused-ring (bicyclic) bond motifs is 1. The summed E-state index contributed by atoms with van der Waals surface area (Å²) in [5.41, 5.74) is 2.04. The molecular weight excluding hydrogens is 450 g/mol. The lowest BCUT2D eigenvalue weighted by atomic mass is 10.2. The van der Waals surface area contributed by atoms with Gasteiger partial charge in [-0.2, -0.15) is 0 Å². The Morgan fingerprint density at radius 1 is 0.960 bits per heavy atom. The van der Waals surface area contributed by atoms with Crippen LogP contribution in [0.2, 0.25) is 0 Å². The van der Waals surface area contributed by atoms with Crippen molar-refractivity contribution in [2.75, 3.05) is 12.1 Å². The number of anilines is 1. The molecule has 126 valence electrons. The Balaban J connectivity index is 1.52. The number of nitrogens with one attached hydrogen (secondary N) is 1. The monoisotopic (exact) mass is 461 g/mol. The molecule has 0 saturated carbocycles. The number of ether oxygens (including phenoxy) is 2. The lowest BCUT2D eigenvalue weighted by Gasteiger charge is -2.08. The van der Waals surface area contributed by atoms with Gasteiger partial charge in [0.15, 0.2) is 17.3 Å². The molecule has 4 rings (SSSR count). The molecule has 1 aromatic heterocycles. The Morgan fingerprint density at radius 2 is 1.84 bits per heavy atom. The maximum Gasteiger partial charge on any atom is 0.231 e. The van der Waals surface area contributed by atoms with Gasteiger partial charge in [-0.05, 0) is 73.8 Å². The second kappa shape index (κ2) is 7.01. The van der Waals surface area contributed by atoms with Gasteiger partial charge < -0.3 is 14.8 Å². The van der Waals surface area contributed by atoms with Crippen molar-refractivity contribution in [1.29, 1.82) is 0 Å². The summed E-state index contributed by atoms with van der Waals surface area (Å²) in [5.74, 6) is 2.88. The minimum Gasteiger partial charge on any atom is -0.454 e. The second-order valence-electron chi connectivity index (χ2n) is 5.44. The number of hydrogen-bond donors (Lipinski definition) is 1. The van der Waals surface area contributed by atoms with Crippen LogP contribution in [0.4, 0.5) is 5.82 Å². The van der Waals surface area contributed by atoms with Gasteiger partial charge >= 0.3 is 0 Å². The van der Waals surface area contributed by atoms with Crippen LogP contribution in [0.5, 0.6) is 11.5 Å².